The molecular formula is C21H20N2O7. The van der Waals surface area contributed by atoms with E-state index in [1.54, 1.807) is 18.2 Å². The van der Waals surface area contributed by atoms with Gasteiger partial charge in [0, 0.05) is 12.2 Å². The molecule has 0 saturated heterocycles. The van der Waals surface area contributed by atoms with Gasteiger partial charge in [-0.05, 0) is 35.9 Å². The van der Waals surface area contributed by atoms with E-state index in [4.69, 9.17) is 14.6 Å². The monoisotopic (exact) mass is 412 g/mol. The van der Waals surface area contributed by atoms with Crippen molar-refractivity contribution in [2.45, 2.75) is 12.8 Å². The van der Waals surface area contributed by atoms with Crippen molar-refractivity contribution in [2.24, 2.45) is 0 Å². The number of methoxy groups -OCH3 is 2. The van der Waals surface area contributed by atoms with Crippen LogP contribution in [0.1, 0.15) is 32.7 Å². The predicted molar refractivity (Wildman–Crippen MR) is 106 cm³/mol. The summed E-state index contributed by atoms with van der Waals surface area (Å²) in [6, 6.07) is 9.53. The zero-order valence-corrected chi connectivity index (χ0v) is 16.4. The lowest BCUT2D eigenvalue weighted by Gasteiger charge is -2.11. The summed E-state index contributed by atoms with van der Waals surface area (Å²) in [6.07, 6.45) is -0.268. The summed E-state index contributed by atoms with van der Waals surface area (Å²) in [5.41, 5.74) is 1.38. The summed E-state index contributed by atoms with van der Waals surface area (Å²) in [6.45, 7) is -0.206. The van der Waals surface area contributed by atoms with E-state index >= 15 is 0 Å². The van der Waals surface area contributed by atoms with Gasteiger partial charge in [0.1, 0.15) is 0 Å². The topological polar surface area (TPSA) is 122 Å². The van der Waals surface area contributed by atoms with Gasteiger partial charge in [-0.1, -0.05) is 6.07 Å². The summed E-state index contributed by atoms with van der Waals surface area (Å²) in [5.74, 6) is -1.48. The molecule has 2 aromatic carbocycles. The first kappa shape index (κ1) is 20.8. The van der Waals surface area contributed by atoms with E-state index in [2.05, 4.69) is 5.32 Å². The molecule has 2 aromatic rings. The highest BCUT2D eigenvalue weighted by atomic mass is 16.5. The second-order valence-electron chi connectivity index (χ2n) is 6.58. The quantitative estimate of drug-likeness (QED) is 0.636. The Morgan fingerprint density at radius 3 is 2.33 bits per heavy atom. The number of carbonyl (C=O) groups is 4. The van der Waals surface area contributed by atoms with Gasteiger partial charge in [0.05, 0.1) is 38.2 Å². The van der Waals surface area contributed by atoms with Gasteiger partial charge in [-0.3, -0.25) is 24.1 Å². The lowest BCUT2D eigenvalue weighted by molar-refractivity contribution is -0.137. The number of amides is 3. The predicted octanol–water partition coefficient (Wildman–Crippen LogP) is 1.96. The number of carbonyl (C=O) groups excluding carboxylic acids is 3. The largest absolute Gasteiger partial charge is 0.493 e. The number of imide groups is 1. The number of nitrogens with zero attached hydrogens (tertiary/aromatic N) is 1. The van der Waals surface area contributed by atoms with Crippen molar-refractivity contribution in [1.82, 2.24) is 4.90 Å². The standard InChI is InChI=1S/C21H20N2O7/c1-29-16-6-3-12(9-17(16)30-2)10-18(24)22-13-4-5-14-15(11-13)21(28)23(20(14)27)8-7-19(25)26/h3-6,9,11H,7-8,10H2,1-2H3,(H,22,24)(H,25,26). The van der Waals surface area contributed by atoms with Crippen LogP contribution >= 0.6 is 0 Å². The number of ether oxygens (including phenoxy) is 2. The molecule has 156 valence electrons. The van der Waals surface area contributed by atoms with E-state index in [1.807, 2.05) is 0 Å². The molecule has 0 aliphatic carbocycles. The molecule has 3 rings (SSSR count). The minimum atomic E-state index is -1.10. The Hall–Kier alpha value is -3.88. The molecule has 2 N–H and O–H groups in total. The first-order valence-electron chi connectivity index (χ1n) is 9.07. The van der Waals surface area contributed by atoms with Gasteiger partial charge in [-0.2, -0.15) is 0 Å². The van der Waals surface area contributed by atoms with Crippen LogP contribution < -0.4 is 14.8 Å². The van der Waals surface area contributed by atoms with Crippen molar-refractivity contribution in [2.75, 3.05) is 26.1 Å². The van der Waals surface area contributed by atoms with Crippen LogP contribution in [0.25, 0.3) is 0 Å². The minimum Gasteiger partial charge on any atom is -0.493 e. The van der Waals surface area contributed by atoms with Gasteiger partial charge >= 0.3 is 5.97 Å². The summed E-state index contributed by atoms with van der Waals surface area (Å²) in [4.78, 5) is 48.8. The van der Waals surface area contributed by atoms with Crippen LogP contribution in [-0.4, -0.2) is 54.5 Å². The number of hydrogen-bond donors (Lipinski definition) is 2. The third-order valence-corrected chi connectivity index (χ3v) is 4.62. The molecule has 9 heteroatoms. The van der Waals surface area contributed by atoms with Gasteiger partial charge in [-0.25, -0.2) is 0 Å². The number of carboxylic acid groups (broad SMARTS) is 1. The van der Waals surface area contributed by atoms with E-state index < -0.39 is 17.8 Å². The fourth-order valence-corrected chi connectivity index (χ4v) is 3.16. The number of nitrogens with one attached hydrogen (secondary N) is 1. The van der Waals surface area contributed by atoms with Crippen molar-refractivity contribution in [3.05, 3.63) is 53.1 Å². The van der Waals surface area contributed by atoms with E-state index in [9.17, 15) is 19.2 Å². The number of carboxylic acids is 1. The maximum atomic E-state index is 12.5. The molecule has 3 amide bonds. The number of hydrogen-bond acceptors (Lipinski definition) is 6. The maximum absolute atomic E-state index is 12.5. The molecule has 9 nitrogen and oxygen atoms in total. The fraction of sp³-hybridized carbons (Fsp3) is 0.238. The zero-order chi connectivity index (χ0) is 21.8. The molecule has 30 heavy (non-hydrogen) atoms. The lowest BCUT2D eigenvalue weighted by atomic mass is 10.1. The first-order valence-corrected chi connectivity index (χ1v) is 9.07. The average molecular weight is 412 g/mol. The SMILES string of the molecule is COc1ccc(CC(=O)Nc2ccc3c(c2)C(=O)N(CCC(=O)O)C3=O)cc1OC. The Labute approximate surface area is 172 Å². The van der Waals surface area contributed by atoms with Gasteiger partial charge in [0.15, 0.2) is 11.5 Å². The molecule has 0 saturated carbocycles. The van der Waals surface area contributed by atoms with Crippen LogP contribution in [0.5, 0.6) is 11.5 Å². The van der Waals surface area contributed by atoms with Crippen molar-refractivity contribution >= 4 is 29.4 Å². The van der Waals surface area contributed by atoms with E-state index in [0.29, 0.717) is 22.7 Å². The number of benzene rings is 2. The summed E-state index contributed by atoms with van der Waals surface area (Å²) in [7, 11) is 3.03. The van der Waals surface area contributed by atoms with Crippen molar-refractivity contribution in [3.63, 3.8) is 0 Å². The molecule has 1 heterocycles. The second-order valence-corrected chi connectivity index (χ2v) is 6.58. The Morgan fingerprint density at radius 1 is 0.967 bits per heavy atom. The molecule has 0 radical (unpaired) electrons. The summed E-state index contributed by atoms with van der Waals surface area (Å²) in [5, 5.41) is 11.5. The van der Waals surface area contributed by atoms with E-state index in [0.717, 1.165) is 4.90 Å². The number of aliphatic carboxylic acids is 1. The van der Waals surface area contributed by atoms with Crippen molar-refractivity contribution in [1.29, 1.82) is 0 Å². The molecule has 0 aromatic heterocycles. The van der Waals surface area contributed by atoms with Gasteiger partial charge in [0.25, 0.3) is 11.8 Å². The van der Waals surface area contributed by atoms with Crippen LogP contribution in [0.2, 0.25) is 0 Å². The molecule has 0 bridgehead atoms. The van der Waals surface area contributed by atoms with Gasteiger partial charge < -0.3 is 19.9 Å². The highest BCUT2D eigenvalue weighted by molar-refractivity contribution is 6.22. The maximum Gasteiger partial charge on any atom is 0.305 e. The molecule has 1 aliphatic heterocycles. The Bertz CT molecular complexity index is 1030. The highest BCUT2D eigenvalue weighted by Gasteiger charge is 2.35. The zero-order valence-electron chi connectivity index (χ0n) is 16.4. The van der Waals surface area contributed by atoms with E-state index in [-0.39, 0.29) is 36.4 Å². The second kappa shape index (κ2) is 8.64. The normalized spacial score (nSPS) is 12.5. The molecule has 1 aliphatic rings. The number of anilines is 1. The van der Waals surface area contributed by atoms with Crippen LogP contribution in [0.3, 0.4) is 0 Å². The van der Waals surface area contributed by atoms with Gasteiger partial charge in [-0.15, -0.1) is 0 Å². The van der Waals surface area contributed by atoms with Gasteiger partial charge in [0.2, 0.25) is 5.91 Å². The lowest BCUT2D eigenvalue weighted by Crippen LogP contribution is -2.31. The Kier molecular flexibility index (Phi) is 6.01. The summed E-state index contributed by atoms with van der Waals surface area (Å²) >= 11 is 0. The first-order chi connectivity index (χ1) is 14.3. The molecule has 0 unspecified atom stereocenters. The average Bonchev–Trinajstić information content (AvgIpc) is 2.95. The van der Waals surface area contributed by atoms with Crippen LogP contribution in [-0.2, 0) is 16.0 Å². The number of rotatable bonds is 8. The molecule has 0 atom stereocenters. The van der Waals surface area contributed by atoms with Crippen molar-refractivity contribution < 1.29 is 33.8 Å². The third kappa shape index (κ3) is 4.24. The van der Waals surface area contributed by atoms with E-state index in [1.165, 1.54) is 32.4 Å². The smallest absolute Gasteiger partial charge is 0.305 e. The van der Waals surface area contributed by atoms with Crippen LogP contribution in [0, 0.1) is 0 Å². The highest BCUT2D eigenvalue weighted by Crippen LogP contribution is 2.28. The third-order valence-electron chi connectivity index (χ3n) is 4.62. The fourth-order valence-electron chi connectivity index (χ4n) is 3.16. The molecule has 0 fully saturated rings. The molecular weight excluding hydrogens is 392 g/mol. The number of fused-ring (bicyclic) bond motifs is 1. The van der Waals surface area contributed by atoms with Crippen molar-refractivity contribution in [3.8, 4) is 11.5 Å². The van der Waals surface area contributed by atoms with Crippen LogP contribution in [0.4, 0.5) is 5.69 Å². The van der Waals surface area contributed by atoms with Crippen LogP contribution in [0.15, 0.2) is 36.4 Å². The Balaban J connectivity index is 1.71. The summed E-state index contributed by atoms with van der Waals surface area (Å²) < 4.78 is 10.4. The Morgan fingerprint density at radius 2 is 1.67 bits per heavy atom. The molecule has 0 spiro atoms. The minimum absolute atomic E-state index is 0.0645.